The van der Waals surface area contributed by atoms with Crippen molar-refractivity contribution in [2.75, 3.05) is 19.0 Å². The van der Waals surface area contributed by atoms with Crippen molar-refractivity contribution in [3.8, 4) is 11.5 Å². The number of anilines is 1. The van der Waals surface area contributed by atoms with Crippen LogP contribution in [0.3, 0.4) is 0 Å². The molecule has 3 aliphatic rings. The van der Waals surface area contributed by atoms with Crippen LogP contribution in [-0.2, 0) is 10.2 Å². The van der Waals surface area contributed by atoms with Gasteiger partial charge in [0.2, 0.25) is 5.91 Å². The molecule has 1 spiro atoms. The highest BCUT2D eigenvalue weighted by molar-refractivity contribution is 6.17. The SMILES string of the molecule is CCCOc1ccccc1C(=O)[C@@H]1[C@H](C(=O)c2ccc(OC)cc2)[C@]2(C(=O)Nc3ccccc32)[C@@H]2c3ccccc3C=CN12. The van der Waals surface area contributed by atoms with Gasteiger partial charge in [0.1, 0.15) is 23.0 Å². The molecule has 7 heteroatoms. The van der Waals surface area contributed by atoms with Crippen LogP contribution in [0.1, 0.15) is 56.8 Å². The van der Waals surface area contributed by atoms with Crippen molar-refractivity contribution < 1.29 is 23.9 Å². The molecule has 0 unspecified atom stereocenters. The maximum absolute atomic E-state index is 15.0. The predicted octanol–water partition coefficient (Wildman–Crippen LogP) is 6.47. The average molecular weight is 585 g/mol. The first kappa shape index (κ1) is 27.7. The molecule has 1 saturated heterocycles. The lowest BCUT2D eigenvalue weighted by molar-refractivity contribution is -0.122. The molecular formula is C37H32N2O5. The van der Waals surface area contributed by atoms with E-state index in [0.717, 1.165) is 17.5 Å². The summed E-state index contributed by atoms with van der Waals surface area (Å²) in [6, 6.07) is 27.8. The van der Waals surface area contributed by atoms with Gasteiger partial charge in [-0.15, -0.1) is 0 Å². The predicted molar refractivity (Wildman–Crippen MR) is 168 cm³/mol. The van der Waals surface area contributed by atoms with Gasteiger partial charge in [0.25, 0.3) is 0 Å². The first-order valence-electron chi connectivity index (χ1n) is 14.9. The van der Waals surface area contributed by atoms with Crippen LogP contribution in [0.4, 0.5) is 5.69 Å². The van der Waals surface area contributed by atoms with Crippen molar-refractivity contribution in [3.05, 3.63) is 131 Å². The second-order valence-corrected chi connectivity index (χ2v) is 11.4. The number of benzene rings is 4. The third kappa shape index (κ3) is 3.99. The van der Waals surface area contributed by atoms with Crippen molar-refractivity contribution in [1.29, 1.82) is 0 Å². The van der Waals surface area contributed by atoms with Crippen molar-refractivity contribution in [1.82, 2.24) is 4.90 Å². The number of Topliss-reactive ketones (excluding diaryl/α,β-unsaturated/α-hetero) is 2. The number of ether oxygens (including phenoxy) is 2. The number of rotatable bonds is 8. The van der Waals surface area contributed by atoms with Crippen molar-refractivity contribution in [3.63, 3.8) is 0 Å². The maximum Gasteiger partial charge on any atom is 0.238 e. The van der Waals surface area contributed by atoms with Crippen LogP contribution in [0, 0.1) is 5.92 Å². The fourth-order valence-corrected chi connectivity index (χ4v) is 7.27. The van der Waals surface area contributed by atoms with Gasteiger partial charge in [0.15, 0.2) is 11.6 Å². The quantitative estimate of drug-likeness (QED) is 0.239. The molecule has 44 heavy (non-hydrogen) atoms. The third-order valence-corrected chi connectivity index (χ3v) is 9.11. The lowest BCUT2D eigenvalue weighted by atomic mass is 9.62. The Hall–Kier alpha value is -5.17. The topological polar surface area (TPSA) is 84.9 Å². The minimum atomic E-state index is -1.39. The van der Waals surface area contributed by atoms with Gasteiger partial charge in [-0.05, 0) is 71.7 Å². The Balaban J connectivity index is 1.50. The fraction of sp³-hybridized carbons (Fsp3) is 0.216. The highest BCUT2D eigenvalue weighted by Crippen LogP contribution is 2.62. The molecule has 0 aromatic heterocycles. The number of carbonyl (C=O) groups is 3. The maximum atomic E-state index is 15.0. The number of ketones is 2. The Kier molecular flexibility index (Phi) is 6.81. The number of carbonyl (C=O) groups excluding carboxylic acids is 3. The summed E-state index contributed by atoms with van der Waals surface area (Å²) in [5.41, 5.74) is 2.58. The minimum absolute atomic E-state index is 0.272. The molecule has 0 bridgehead atoms. The van der Waals surface area contributed by atoms with Gasteiger partial charge in [-0.3, -0.25) is 14.4 Å². The average Bonchev–Trinajstić information content (AvgIpc) is 3.55. The zero-order valence-electron chi connectivity index (χ0n) is 24.5. The molecule has 0 saturated carbocycles. The molecule has 1 N–H and O–H groups in total. The van der Waals surface area contributed by atoms with Crippen LogP contribution in [0.15, 0.2) is 103 Å². The molecule has 4 atom stereocenters. The lowest BCUT2D eigenvalue weighted by Gasteiger charge is -2.38. The van der Waals surface area contributed by atoms with Crippen LogP contribution in [0.2, 0.25) is 0 Å². The summed E-state index contributed by atoms with van der Waals surface area (Å²) in [4.78, 5) is 46.5. The second kappa shape index (κ2) is 10.8. The van der Waals surface area contributed by atoms with Crippen molar-refractivity contribution >= 4 is 29.2 Å². The molecule has 3 heterocycles. The molecule has 1 amide bonds. The highest BCUT2D eigenvalue weighted by Gasteiger charge is 2.70. The summed E-state index contributed by atoms with van der Waals surface area (Å²) in [5.74, 6) is -0.846. The van der Waals surface area contributed by atoms with Crippen LogP contribution in [0.5, 0.6) is 11.5 Å². The molecule has 4 aromatic carbocycles. The summed E-state index contributed by atoms with van der Waals surface area (Å²) in [6.07, 6.45) is 4.61. The zero-order chi connectivity index (χ0) is 30.4. The number of amides is 1. The van der Waals surface area contributed by atoms with E-state index in [-0.39, 0.29) is 17.5 Å². The van der Waals surface area contributed by atoms with Gasteiger partial charge < -0.3 is 19.7 Å². The Morgan fingerprint density at radius 3 is 2.41 bits per heavy atom. The number of nitrogens with one attached hydrogen (secondary N) is 1. The monoisotopic (exact) mass is 584 g/mol. The summed E-state index contributed by atoms with van der Waals surface area (Å²) < 4.78 is 11.4. The van der Waals surface area contributed by atoms with Gasteiger partial charge in [0.05, 0.1) is 31.2 Å². The number of hydrogen-bond donors (Lipinski definition) is 1. The Labute approximate surface area is 256 Å². The molecule has 4 aromatic rings. The van der Waals surface area contributed by atoms with Crippen LogP contribution < -0.4 is 14.8 Å². The van der Waals surface area contributed by atoms with E-state index in [9.17, 15) is 14.4 Å². The van der Waals surface area contributed by atoms with E-state index in [0.29, 0.717) is 40.5 Å². The Morgan fingerprint density at radius 1 is 0.886 bits per heavy atom. The van der Waals surface area contributed by atoms with Crippen LogP contribution in [0.25, 0.3) is 6.08 Å². The lowest BCUT2D eigenvalue weighted by Crippen LogP contribution is -2.49. The summed E-state index contributed by atoms with van der Waals surface area (Å²) >= 11 is 0. The summed E-state index contributed by atoms with van der Waals surface area (Å²) in [5, 5.41) is 3.09. The van der Waals surface area contributed by atoms with Gasteiger partial charge in [-0.25, -0.2) is 0 Å². The van der Waals surface area contributed by atoms with E-state index in [1.807, 2.05) is 78.7 Å². The van der Waals surface area contributed by atoms with Crippen LogP contribution >= 0.6 is 0 Å². The van der Waals surface area contributed by atoms with Crippen molar-refractivity contribution in [2.24, 2.45) is 5.92 Å². The first-order valence-corrected chi connectivity index (χ1v) is 14.9. The smallest absolute Gasteiger partial charge is 0.238 e. The molecule has 1 fully saturated rings. The van der Waals surface area contributed by atoms with Gasteiger partial charge in [0, 0.05) is 17.5 Å². The molecule has 0 aliphatic carbocycles. The van der Waals surface area contributed by atoms with Gasteiger partial charge in [-0.2, -0.15) is 0 Å². The molecular weight excluding hydrogens is 552 g/mol. The standard InChI is InChI=1S/C37H32N2O5/c1-3-22-44-30-15-9-6-12-27(30)34(41)32-31(33(40)24-16-18-25(43-2)19-17-24)37(28-13-7-8-14-29(28)38-36(37)42)35-26-11-5-4-10-23(26)20-21-39(32)35/h4-21,31-32,35H,3,22H2,1-2H3,(H,38,42)/t31-,32+,35+,37+/m1/s1. The second-order valence-electron chi connectivity index (χ2n) is 11.4. The normalized spacial score (nSPS) is 22.6. The summed E-state index contributed by atoms with van der Waals surface area (Å²) in [6.45, 7) is 2.45. The van der Waals surface area contributed by atoms with Gasteiger partial charge >= 0.3 is 0 Å². The molecule has 7 rings (SSSR count). The zero-order valence-corrected chi connectivity index (χ0v) is 24.5. The van der Waals surface area contributed by atoms with Crippen LogP contribution in [-0.4, -0.2) is 42.1 Å². The number of methoxy groups -OCH3 is 1. The van der Waals surface area contributed by atoms with E-state index in [1.165, 1.54) is 0 Å². The molecule has 0 radical (unpaired) electrons. The van der Waals surface area contributed by atoms with Crippen molar-refractivity contribution in [2.45, 2.75) is 30.8 Å². The largest absolute Gasteiger partial charge is 0.497 e. The van der Waals surface area contributed by atoms with E-state index in [2.05, 4.69) is 5.32 Å². The first-order chi connectivity index (χ1) is 21.5. The highest BCUT2D eigenvalue weighted by atomic mass is 16.5. The van der Waals surface area contributed by atoms with E-state index in [4.69, 9.17) is 9.47 Å². The Bertz CT molecular complexity index is 1810. The third-order valence-electron chi connectivity index (χ3n) is 9.11. The van der Waals surface area contributed by atoms with Gasteiger partial charge in [-0.1, -0.05) is 61.5 Å². The number of hydrogen-bond acceptors (Lipinski definition) is 6. The molecule has 220 valence electrons. The number of fused-ring (bicyclic) bond motifs is 6. The molecule has 3 aliphatic heterocycles. The minimum Gasteiger partial charge on any atom is -0.497 e. The molecule has 7 nitrogen and oxygen atoms in total. The number of nitrogens with zero attached hydrogens (tertiary/aromatic N) is 1. The van der Waals surface area contributed by atoms with E-state index >= 15 is 0 Å². The Morgan fingerprint density at radius 2 is 1.61 bits per heavy atom. The number of para-hydroxylation sites is 2. The summed E-state index contributed by atoms with van der Waals surface area (Å²) in [7, 11) is 1.57. The van der Waals surface area contributed by atoms with E-state index < -0.39 is 23.4 Å². The fourth-order valence-electron chi connectivity index (χ4n) is 7.27. The van der Waals surface area contributed by atoms with E-state index in [1.54, 1.807) is 49.6 Å².